The highest BCUT2D eigenvalue weighted by molar-refractivity contribution is 7.17. The van der Waals surface area contributed by atoms with Crippen molar-refractivity contribution in [3.8, 4) is 22.4 Å². The lowest BCUT2D eigenvalue weighted by Crippen LogP contribution is -1.89. The first-order valence-corrected chi connectivity index (χ1v) is 5.65. The fourth-order valence-electron chi connectivity index (χ4n) is 1.26. The third-order valence-corrected chi connectivity index (χ3v) is 2.74. The smallest absolute Gasteiger partial charge is 0.280 e. The number of anilines is 1. The van der Waals surface area contributed by atoms with Crippen molar-refractivity contribution in [3.05, 3.63) is 24.4 Å². The average Bonchev–Trinajstić information content (AvgIpc) is 2.74. The fraction of sp³-hybridized carbons (Fsp3) is 0.182. The van der Waals surface area contributed by atoms with Gasteiger partial charge < -0.3 is 19.9 Å². The first kappa shape index (κ1) is 11.5. The van der Waals surface area contributed by atoms with Crippen LogP contribution in [0.25, 0.3) is 0 Å². The Hall–Kier alpha value is -1.95. The first-order chi connectivity index (χ1) is 8.21. The molecule has 0 spiro atoms. The Morgan fingerprint density at radius 1 is 1.06 bits per heavy atom. The van der Waals surface area contributed by atoms with Crippen LogP contribution in [-0.2, 0) is 0 Å². The van der Waals surface area contributed by atoms with Gasteiger partial charge in [-0.15, -0.1) is 0 Å². The molecule has 0 fully saturated rings. The molecule has 1 heterocycles. The van der Waals surface area contributed by atoms with Crippen molar-refractivity contribution in [2.75, 3.05) is 20.0 Å². The van der Waals surface area contributed by atoms with Gasteiger partial charge in [-0.1, -0.05) is 11.3 Å². The Morgan fingerprint density at radius 3 is 2.12 bits per heavy atom. The number of methoxy groups -OCH3 is 2. The number of rotatable bonds is 4. The molecule has 0 atom stereocenters. The van der Waals surface area contributed by atoms with Crippen molar-refractivity contribution in [1.82, 2.24) is 4.98 Å². The molecule has 2 N–H and O–H groups in total. The first-order valence-electron chi connectivity index (χ1n) is 4.83. The minimum atomic E-state index is 0.484. The van der Waals surface area contributed by atoms with Gasteiger partial charge in [0.25, 0.3) is 5.19 Å². The standard InChI is InChI=1S/C11H12N2O3S/c1-14-7-3-8(15-2)5-9(4-7)16-11-13-6-10(12)17-11/h3-6H,12H2,1-2H3. The van der Waals surface area contributed by atoms with Crippen LogP contribution < -0.4 is 19.9 Å². The molecule has 0 radical (unpaired) electrons. The number of nitrogen functional groups attached to an aromatic ring is 1. The van der Waals surface area contributed by atoms with Gasteiger partial charge >= 0.3 is 0 Å². The van der Waals surface area contributed by atoms with Gasteiger partial charge in [0.15, 0.2) is 0 Å². The summed E-state index contributed by atoms with van der Waals surface area (Å²) in [5.41, 5.74) is 5.57. The van der Waals surface area contributed by atoms with Crippen molar-refractivity contribution in [1.29, 1.82) is 0 Å². The number of hydrogen-bond acceptors (Lipinski definition) is 6. The van der Waals surface area contributed by atoms with Crippen molar-refractivity contribution >= 4 is 16.3 Å². The van der Waals surface area contributed by atoms with E-state index < -0.39 is 0 Å². The third kappa shape index (κ3) is 2.79. The van der Waals surface area contributed by atoms with Gasteiger partial charge in [0, 0.05) is 18.2 Å². The fourth-order valence-corrected chi connectivity index (χ4v) is 1.81. The van der Waals surface area contributed by atoms with Crippen molar-refractivity contribution in [2.24, 2.45) is 0 Å². The minimum absolute atomic E-state index is 0.484. The molecule has 0 saturated heterocycles. The summed E-state index contributed by atoms with van der Waals surface area (Å²) in [5, 5.41) is 1.09. The maximum Gasteiger partial charge on any atom is 0.280 e. The van der Waals surface area contributed by atoms with Crippen LogP contribution in [0.2, 0.25) is 0 Å². The van der Waals surface area contributed by atoms with E-state index in [0.717, 1.165) is 0 Å². The molecular formula is C11H12N2O3S. The molecule has 1 aromatic carbocycles. The van der Waals surface area contributed by atoms with E-state index >= 15 is 0 Å². The molecule has 90 valence electrons. The SMILES string of the molecule is COc1cc(OC)cc(Oc2ncc(N)s2)c1. The second kappa shape index (κ2) is 4.92. The number of aromatic nitrogens is 1. The van der Waals surface area contributed by atoms with Crippen LogP contribution in [0.4, 0.5) is 5.00 Å². The van der Waals surface area contributed by atoms with Gasteiger partial charge in [-0.2, -0.15) is 0 Å². The Balaban J connectivity index is 2.25. The van der Waals surface area contributed by atoms with E-state index in [1.54, 1.807) is 38.6 Å². The van der Waals surface area contributed by atoms with Crippen LogP contribution in [-0.4, -0.2) is 19.2 Å². The summed E-state index contributed by atoms with van der Waals surface area (Å²) in [6, 6.07) is 5.27. The average molecular weight is 252 g/mol. The van der Waals surface area contributed by atoms with Gasteiger partial charge in [0.05, 0.1) is 20.4 Å². The summed E-state index contributed by atoms with van der Waals surface area (Å²) in [6.07, 6.45) is 1.55. The van der Waals surface area contributed by atoms with E-state index in [-0.39, 0.29) is 0 Å². The number of hydrogen-bond donors (Lipinski definition) is 1. The highest BCUT2D eigenvalue weighted by Gasteiger charge is 2.06. The van der Waals surface area contributed by atoms with E-state index in [2.05, 4.69) is 4.98 Å². The zero-order valence-corrected chi connectivity index (χ0v) is 10.3. The Morgan fingerprint density at radius 2 is 1.65 bits per heavy atom. The zero-order valence-electron chi connectivity index (χ0n) is 9.47. The Bertz CT molecular complexity index is 491. The molecular weight excluding hydrogens is 240 g/mol. The van der Waals surface area contributed by atoms with Gasteiger partial charge in [-0.05, 0) is 0 Å². The van der Waals surface area contributed by atoms with Crippen LogP contribution in [0.3, 0.4) is 0 Å². The van der Waals surface area contributed by atoms with E-state index in [0.29, 0.717) is 27.4 Å². The van der Waals surface area contributed by atoms with Gasteiger partial charge in [-0.25, -0.2) is 4.98 Å². The maximum atomic E-state index is 5.57. The van der Waals surface area contributed by atoms with Crippen molar-refractivity contribution < 1.29 is 14.2 Å². The van der Waals surface area contributed by atoms with Gasteiger partial charge in [0.2, 0.25) is 0 Å². The molecule has 0 amide bonds. The quantitative estimate of drug-likeness (QED) is 0.905. The summed E-state index contributed by atoms with van der Waals surface area (Å²) in [4.78, 5) is 4.01. The summed E-state index contributed by atoms with van der Waals surface area (Å²) in [7, 11) is 3.17. The molecule has 0 unspecified atom stereocenters. The van der Waals surface area contributed by atoms with E-state index in [1.807, 2.05) is 0 Å². The number of nitrogens with zero attached hydrogens (tertiary/aromatic N) is 1. The van der Waals surface area contributed by atoms with E-state index in [9.17, 15) is 0 Å². The van der Waals surface area contributed by atoms with Gasteiger partial charge in [-0.3, -0.25) is 0 Å². The molecule has 0 saturated carbocycles. The lowest BCUT2D eigenvalue weighted by Gasteiger charge is -2.07. The summed E-state index contributed by atoms with van der Waals surface area (Å²) in [5.74, 6) is 1.91. The maximum absolute atomic E-state index is 5.57. The monoisotopic (exact) mass is 252 g/mol. The van der Waals surface area contributed by atoms with E-state index in [4.69, 9.17) is 19.9 Å². The molecule has 0 bridgehead atoms. The Kier molecular flexibility index (Phi) is 3.34. The molecule has 2 aromatic rings. The van der Waals surface area contributed by atoms with Crippen molar-refractivity contribution in [3.63, 3.8) is 0 Å². The lowest BCUT2D eigenvalue weighted by atomic mass is 10.3. The molecule has 5 nitrogen and oxygen atoms in total. The van der Waals surface area contributed by atoms with Crippen LogP contribution in [0.1, 0.15) is 0 Å². The summed E-state index contributed by atoms with van der Waals surface area (Å²) >= 11 is 1.27. The number of ether oxygens (including phenoxy) is 3. The van der Waals surface area contributed by atoms with Crippen LogP contribution in [0.5, 0.6) is 22.4 Å². The topological polar surface area (TPSA) is 66.6 Å². The van der Waals surface area contributed by atoms with Crippen LogP contribution in [0.15, 0.2) is 24.4 Å². The largest absolute Gasteiger partial charge is 0.496 e. The molecule has 2 rings (SSSR count). The van der Waals surface area contributed by atoms with Crippen LogP contribution in [0, 0.1) is 0 Å². The zero-order chi connectivity index (χ0) is 12.3. The highest BCUT2D eigenvalue weighted by atomic mass is 32.1. The molecule has 6 heteroatoms. The number of benzene rings is 1. The lowest BCUT2D eigenvalue weighted by molar-refractivity contribution is 0.386. The number of thiazole rings is 1. The summed E-state index contributed by atoms with van der Waals surface area (Å²) in [6.45, 7) is 0. The van der Waals surface area contributed by atoms with Crippen LogP contribution >= 0.6 is 11.3 Å². The van der Waals surface area contributed by atoms with Gasteiger partial charge in [0.1, 0.15) is 22.2 Å². The second-order valence-corrected chi connectivity index (χ2v) is 4.20. The molecule has 17 heavy (non-hydrogen) atoms. The predicted octanol–water partition coefficient (Wildman–Crippen LogP) is 2.53. The predicted molar refractivity (Wildman–Crippen MR) is 66.1 cm³/mol. The highest BCUT2D eigenvalue weighted by Crippen LogP contribution is 2.32. The number of nitrogens with two attached hydrogens (primary N) is 1. The molecule has 1 aromatic heterocycles. The van der Waals surface area contributed by atoms with Crippen molar-refractivity contribution in [2.45, 2.75) is 0 Å². The molecule has 0 aliphatic rings. The normalized spacial score (nSPS) is 10.0. The van der Waals surface area contributed by atoms with E-state index in [1.165, 1.54) is 11.3 Å². The third-order valence-electron chi connectivity index (χ3n) is 2.03. The Labute approximate surface area is 103 Å². The summed E-state index contributed by atoms with van der Waals surface area (Å²) < 4.78 is 15.8. The second-order valence-electron chi connectivity index (χ2n) is 3.18. The molecule has 0 aliphatic carbocycles. The molecule has 0 aliphatic heterocycles. The minimum Gasteiger partial charge on any atom is -0.496 e.